The summed E-state index contributed by atoms with van der Waals surface area (Å²) in [5, 5.41) is 0. The Morgan fingerprint density at radius 3 is 1.68 bits per heavy atom. The van der Waals surface area contributed by atoms with Gasteiger partial charge < -0.3 is 4.74 Å². The van der Waals surface area contributed by atoms with E-state index >= 15 is 0 Å². The largest absolute Gasteiger partial charge is 0.366 e. The zero-order valence-corrected chi connectivity index (χ0v) is 11.0. The molecule has 0 bridgehead atoms. The van der Waals surface area contributed by atoms with Crippen molar-refractivity contribution in [2.24, 2.45) is 0 Å². The maximum Gasteiger partial charge on any atom is 0.0839 e. The van der Waals surface area contributed by atoms with Crippen LogP contribution in [0.1, 0.15) is 47.3 Å². The van der Waals surface area contributed by atoms with Crippen molar-refractivity contribution >= 4 is 0 Å². The van der Waals surface area contributed by atoms with Crippen molar-refractivity contribution in [1.29, 1.82) is 0 Å². The lowest BCUT2D eigenvalue weighted by molar-refractivity contribution is -0.0129. The van der Waals surface area contributed by atoms with Gasteiger partial charge in [0.25, 0.3) is 0 Å². The predicted octanol–water partition coefficient (Wildman–Crippen LogP) is 4.38. The Balaban J connectivity index is 1.58. The van der Waals surface area contributed by atoms with Gasteiger partial charge in [0.05, 0.1) is 12.2 Å². The van der Waals surface area contributed by atoms with Crippen LogP contribution in [-0.2, 0) is 17.6 Å². The van der Waals surface area contributed by atoms with Crippen molar-refractivity contribution in [3.05, 3.63) is 70.8 Å². The molecule has 2 aliphatic rings. The highest BCUT2D eigenvalue weighted by atomic mass is 16.5. The lowest BCUT2D eigenvalue weighted by Crippen LogP contribution is -2.05. The van der Waals surface area contributed by atoms with Gasteiger partial charge in [-0.25, -0.2) is 0 Å². The van der Waals surface area contributed by atoms with E-state index in [9.17, 15) is 0 Å². The molecule has 96 valence electrons. The van der Waals surface area contributed by atoms with Crippen LogP contribution in [0, 0.1) is 0 Å². The molecule has 1 heteroatoms. The SMILES string of the molecule is c1ccc2c(c1)CCC2OC1CCc2ccccc21. The summed E-state index contributed by atoms with van der Waals surface area (Å²) >= 11 is 0. The highest BCUT2D eigenvalue weighted by molar-refractivity contribution is 5.35. The number of ether oxygens (including phenoxy) is 1. The van der Waals surface area contributed by atoms with Crippen LogP contribution < -0.4 is 0 Å². The van der Waals surface area contributed by atoms with E-state index in [1.54, 1.807) is 0 Å². The van der Waals surface area contributed by atoms with Gasteiger partial charge in [-0.15, -0.1) is 0 Å². The average molecular weight is 250 g/mol. The van der Waals surface area contributed by atoms with Crippen LogP contribution in [0.25, 0.3) is 0 Å². The van der Waals surface area contributed by atoms with Gasteiger partial charge in [0.2, 0.25) is 0 Å². The van der Waals surface area contributed by atoms with E-state index in [4.69, 9.17) is 4.74 Å². The third-order valence-corrected chi connectivity index (χ3v) is 4.48. The molecule has 2 aliphatic carbocycles. The molecule has 0 spiro atoms. The molecule has 0 radical (unpaired) electrons. The fourth-order valence-corrected chi connectivity index (χ4v) is 3.52. The zero-order chi connectivity index (χ0) is 12.7. The highest BCUT2D eigenvalue weighted by Crippen LogP contribution is 2.41. The molecule has 0 saturated heterocycles. The number of rotatable bonds is 2. The van der Waals surface area contributed by atoms with Crippen LogP contribution >= 0.6 is 0 Å². The first-order valence-corrected chi connectivity index (χ1v) is 7.23. The Morgan fingerprint density at radius 1 is 0.684 bits per heavy atom. The predicted molar refractivity (Wildman–Crippen MR) is 76.1 cm³/mol. The molecule has 2 aromatic rings. The minimum absolute atomic E-state index is 0.298. The van der Waals surface area contributed by atoms with E-state index in [1.165, 1.54) is 22.3 Å². The summed E-state index contributed by atoms with van der Waals surface area (Å²) in [7, 11) is 0. The molecule has 0 N–H and O–H groups in total. The average Bonchev–Trinajstić information content (AvgIpc) is 3.05. The van der Waals surface area contributed by atoms with E-state index in [0.717, 1.165) is 25.7 Å². The molecule has 0 heterocycles. The molecular weight excluding hydrogens is 232 g/mol. The lowest BCUT2D eigenvalue weighted by Gasteiger charge is -2.20. The standard InChI is InChI=1S/C18H18O/c1-3-7-15-13(5-1)9-11-17(15)19-18-12-10-14-6-2-4-8-16(14)18/h1-8,17-18H,9-12H2. The number of fused-ring (bicyclic) bond motifs is 2. The second kappa shape index (κ2) is 4.50. The van der Waals surface area contributed by atoms with Gasteiger partial charge in [-0.3, -0.25) is 0 Å². The summed E-state index contributed by atoms with van der Waals surface area (Å²) in [5.41, 5.74) is 5.76. The van der Waals surface area contributed by atoms with Crippen LogP contribution in [0.15, 0.2) is 48.5 Å². The summed E-state index contributed by atoms with van der Waals surface area (Å²) in [6, 6.07) is 17.5. The van der Waals surface area contributed by atoms with Crippen molar-refractivity contribution in [2.45, 2.75) is 37.9 Å². The topological polar surface area (TPSA) is 9.23 Å². The van der Waals surface area contributed by atoms with Crippen molar-refractivity contribution in [3.63, 3.8) is 0 Å². The Kier molecular flexibility index (Phi) is 2.66. The molecular formula is C18H18O. The molecule has 4 rings (SSSR count). The van der Waals surface area contributed by atoms with Crippen molar-refractivity contribution in [2.75, 3.05) is 0 Å². The quantitative estimate of drug-likeness (QED) is 0.768. The van der Waals surface area contributed by atoms with Gasteiger partial charge in [0.15, 0.2) is 0 Å². The maximum atomic E-state index is 6.43. The van der Waals surface area contributed by atoms with Gasteiger partial charge in [0.1, 0.15) is 0 Å². The molecule has 19 heavy (non-hydrogen) atoms. The van der Waals surface area contributed by atoms with Crippen molar-refractivity contribution < 1.29 is 4.74 Å². The smallest absolute Gasteiger partial charge is 0.0839 e. The van der Waals surface area contributed by atoms with E-state index < -0.39 is 0 Å². The second-order valence-corrected chi connectivity index (χ2v) is 5.59. The number of hydrogen-bond donors (Lipinski definition) is 0. The minimum Gasteiger partial charge on any atom is -0.366 e. The van der Waals surface area contributed by atoms with Gasteiger partial charge in [0, 0.05) is 0 Å². The van der Waals surface area contributed by atoms with Gasteiger partial charge >= 0.3 is 0 Å². The van der Waals surface area contributed by atoms with Crippen LogP contribution in [0.3, 0.4) is 0 Å². The van der Waals surface area contributed by atoms with Gasteiger partial charge in [-0.1, -0.05) is 48.5 Å². The monoisotopic (exact) mass is 250 g/mol. The lowest BCUT2D eigenvalue weighted by atomic mass is 10.1. The van der Waals surface area contributed by atoms with E-state index in [-0.39, 0.29) is 0 Å². The third kappa shape index (κ3) is 1.89. The molecule has 0 saturated carbocycles. The first-order valence-electron chi connectivity index (χ1n) is 7.23. The summed E-state index contributed by atoms with van der Waals surface area (Å²) in [6.07, 6.45) is 5.19. The first-order chi connectivity index (χ1) is 9.42. The summed E-state index contributed by atoms with van der Waals surface area (Å²) < 4.78 is 6.43. The van der Waals surface area contributed by atoms with Crippen LogP contribution in [0.4, 0.5) is 0 Å². The summed E-state index contributed by atoms with van der Waals surface area (Å²) in [5.74, 6) is 0. The van der Waals surface area contributed by atoms with Crippen LogP contribution in [0.5, 0.6) is 0 Å². The zero-order valence-electron chi connectivity index (χ0n) is 11.0. The van der Waals surface area contributed by atoms with E-state index in [2.05, 4.69) is 48.5 Å². The summed E-state index contributed by atoms with van der Waals surface area (Å²) in [6.45, 7) is 0. The normalized spacial score (nSPS) is 24.2. The second-order valence-electron chi connectivity index (χ2n) is 5.59. The molecule has 0 fully saturated rings. The Labute approximate surface area is 114 Å². The minimum atomic E-state index is 0.298. The van der Waals surface area contributed by atoms with Gasteiger partial charge in [-0.2, -0.15) is 0 Å². The Bertz CT molecular complexity index is 549. The molecule has 1 nitrogen and oxygen atoms in total. The fourth-order valence-electron chi connectivity index (χ4n) is 3.52. The highest BCUT2D eigenvalue weighted by Gasteiger charge is 2.29. The molecule has 0 aromatic heterocycles. The maximum absolute atomic E-state index is 6.43. The molecule has 0 aliphatic heterocycles. The fraction of sp³-hybridized carbons (Fsp3) is 0.333. The van der Waals surface area contributed by atoms with Crippen molar-refractivity contribution in [3.8, 4) is 0 Å². The Morgan fingerprint density at radius 2 is 1.16 bits per heavy atom. The Hall–Kier alpha value is -1.60. The molecule has 2 unspecified atom stereocenters. The summed E-state index contributed by atoms with van der Waals surface area (Å²) in [4.78, 5) is 0. The van der Waals surface area contributed by atoms with Crippen molar-refractivity contribution in [1.82, 2.24) is 0 Å². The van der Waals surface area contributed by atoms with Gasteiger partial charge in [-0.05, 0) is 47.9 Å². The number of hydrogen-bond acceptors (Lipinski definition) is 1. The van der Waals surface area contributed by atoms with E-state index in [0.29, 0.717) is 12.2 Å². The van der Waals surface area contributed by atoms with Crippen LogP contribution in [0.2, 0.25) is 0 Å². The number of benzene rings is 2. The molecule has 0 amide bonds. The van der Waals surface area contributed by atoms with E-state index in [1.807, 2.05) is 0 Å². The number of aryl methyl sites for hydroxylation is 2. The van der Waals surface area contributed by atoms with Crippen LogP contribution in [-0.4, -0.2) is 0 Å². The first kappa shape index (κ1) is 11.2. The molecule has 2 aromatic carbocycles. The molecule has 2 atom stereocenters. The third-order valence-electron chi connectivity index (χ3n) is 4.48.